The molecule has 0 rings (SSSR count). The minimum Gasteiger partial charge on any atom is -0.276 e. The lowest BCUT2D eigenvalue weighted by molar-refractivity contribution is 0.370. The van der Waals surface area contributed by atoms with Gasteiger partial charge in [-0.15, -0.1) is 23.2 Å². The highest BCUT2D eigenvalue weighted by molar-refractivity contribution is 6.19. The van der Waals surface area contributed by atoms with Crippen LogP contribution in [0.3, 0.4) is 0 Å². The molecule has 0 spiro atoms. The van der Waals surface area contributed by atoms with Crippen molar-refractivity contribution >= 4 is 23.2 Å². The molecule has 0 aliphatic rings. The maximum atomic E-state index is 5.49. The Balaban J connectivity index is 3.07. The Kier molecular flexibility index (Phi) is 6.06. The first kappa shape index (κ1) is 8.54. The van der Waals surface area contributed by atoms with Gasteiger partial charge in [-0.25, -0.2) is 0 Å². The van der Waals surface area contributed by atoms with Crippen molar-refractivity contribution in [1.82, 2.24) is 4.90 Å². The van der Waals surface area contributed by atoms with Crippen LogP contribution in [0, 0.1) is 0 Å². The van der Waals surface area contributed by atoms with Gasteiger partial charge in [0.2, 0.25) is 0 Å². The van der Waals surface area contributed by atoms with Gasteiger partial charge in [-0.05, 0) is 6.42 Å². The fraction of sp³-hybridized carbons (Fsp3) is 1.00. The van der Waals surface area contributed by atoms with Crippen LogP contribution in [0.15, 0.2) is 0 Å². The number of hydrogen-bond acceptors (Lipinski definition) is 1. The molecule has 0 amide bonds. The molecule has 0 saturated heterocycles. The molecule has 1 nitrogen and oxygen atoms in total. The van der Waals surface area contributed by atoms with E-state index in [0.29, 0.717) is 12.0 Å². The molecular formula is C5H11Cl2N. The Bertz CT molecular complexity index is 45.7. The standard InChI is InChI=1S/C5H11Cl2N/c1-2-3-8(4-6)5-7/h2-5H2,1H3. The molecule has 0 aromatic heterocycles. The van der Waals surface area contributed by atoms with E-state index in [9.17, 15) is 0 Å². The van der Waals surface area contributed by atoms with Crippen LogP contribution in [0.4, 0.5) is 0 Å². The van der Waals surface area contributed by atoms with Crippen LogP contribution in [0.2, 0.25) is 0 Å². The SMILES string of the molecule is CCCN(CCl)CCl. The van der Waals surface area contributed by atoms with Crippen molar-refractivity contribution in [2.24, 2.45) is 0 Å². The topological polar surface area (TPSA) is 3.24 Å². The van der Waals surface area contributed by atoms with Crippen molar-refractivity contribution < 1.29 is 0 Å². The fourth-order valence-corrected chi connectivity index (χ4v) is 0.962. The van der Waals surface area contributed by atoms with Crippen molar-refractivity contribution in [2.45, 2.75) is 13.3 Å². The van der Waals surface area contributed by atoms with Crippen molar-refractivity contribution in [2.75, 3.05) is 18.6 Å². The van der Waals surface area contributed by atoms with E-state index in [1.165, 1.54) is 0 Å². The van der Waals surface area contributed by atoms with Crippen LogP contribution < -0.4 is 0 Å². The molecule has 0 aliphatic heterocycles. The summed E-state index contributed by atoms with van der Waals surface area (Å²) in [4.78, 5) is 1.96. The average molecular weight is 156 g/mol. The third kappa shape index (κ3) is 3.53. The number of halogens is 2. The van der Waals surface area contributed by atoms with E-state index >= 15 is 0 Å². The minimum absolute atomic E-state index is 0.539. The lowest BCUT2D eigenvalue weighted by Crippen LogP contribution is -2.20. The second-order valence-corrected chi connectivity index (χ2v) is 2.11. The molecule has 50 valence electrons. The molecule has 0 atom stereocenters. The first-order valence-corrected chi connectivity index (χ1v) is 3.76. The Morgan fingerprint density at radius 1 is 1.25 bits per heavy atom. The number of hydrogen-bond donors (Lipinski definition) is 0. The maximum Gasteiger partial charge on any atom is 0.0747 e. The molecule has 0 aromatic carbocycles. The lowest BCUT2D eigenvalue weighted by atomic mass is 10.5. The van der Waals surface area contributed by atoms with Gasteiger partial charge in [0.25, 0.3) is 0 Å². The lowest BCUT2D eigenvalue weighted by Gasteiger charge is -2.12. The predicted octanol–water partition coefficient (Wildman–Crippen LogP) is 2.09. The number of rotatable bonds is 4. The van der Waals surface area contributed by atoms with E-state index in [4.69, 9.17) is 23.2 Å². The third-order valence-corrected chi connectivity index (χ3v) is 1.55. The monoisotopic (exact) mass is 155 g/mol. The number of alkyl halides is 2. The Hall–Kier alpha value is 0.540. The van der Waals surface area contributed by atoms with E-state index in [-0.39, 0.29) is 0 Å². The Labute approximate surface area is 60.6 Å². The van der Waals surface area contributed by atoms with Crippen LogP contribution in [0.5, 0.6) is 0 Å². The van der Waals surface area contributed by atoms with Crippen molar-refractivity contribution in [1.29, 1.82) is 0 Å². The van der Waals surface area contributed by atoms with Gasteiger partial charge in [-0.2, -0.15) is 0 Å². The van der Waals surface area contributed by atoms with Crippen molar-refractivity contribution in [3.8, 4) is 0 Å². The maximum absolute atomic E-state index is 5.49. The Morgan fingerprint density at radius 2 is 1.75 bits per heavy atom. The van der Waals surface area contributed by atoms with Crippen LogP contribution in [0.1, 0.15) is 13.3 Å². The van der Waals surface area contributed by atoms with Gasteiger partial charge in [0, 0.05) is 6.54 Å². The highest BCUT2D eigenvalue weighted by Crippen LogP contribution is 1.94. The minimum atomic E-state index is 0.539. The fourth-order valence-electron chi connectivity index (χ4n) is 0.468. The summed E-state index contributed by atoms with van der Waals surface area (Å²) in [6.07, 6.45) is 1.11. The van der Waals surface area contributed by atoms with Gasteiger partial charge in [0.1, 0.15) is 0 Å². The zero-order chi connectivity index (χ0) is 6.41. The van der Waals surface area contributed by atoms with Crippen LogP contribution in [-0.2, 0) is 0 Å². The van der Waals surface area contributed by atoms with Crippen LogP contribution in [-0.4, -0.2) is 23.5 Å². The van der Waals surface area contributed by atoms with E-state index in [1.807, 2.05) is 4.90 Å². The van der Waals surface area contributed by atoms with Gasteiger partial charge >= 0.3 is 0 Å². The molecule has 0 saturated carbocycles. The molecule has 0 heterocycles. The molecule has 0 N–H and O–H groups in total. The zero-order valence-electron chi connectivity index (χ0n) is 5.03. The summed E-state index contributed by atoms with van der Waals surface area (Å²) >= 11 is 11.0. The summed E-state index contributed by atoms with van der Waals surface area (Å²) in [7, 11) is 0. The molecular weight excluding hydrogens is 145 g/mol. The summed E-state index contributed by atoms with van der Waals surface area (Å²) in [6.45, 7) is 3.10. The van der Waals surface area contributed by atoms with Gasteiger partial charge in [0.15, 0.2) is 0 Å². The third-order valence-electron chi connectivity index (χ3n) is 0.878. The number of nitrogens with zero attached hydrogens (tertiary/aromatic N) is 1. The molecule has 0 radical (unpaired) electrons. The summed E-state index contributed by atoms with van der Waals surface area (Å²) in [5.74, 6) is 0. The second kappa shape index (κ2) is 5.67. The molecule has 3 heteroatoms. The molecule has 0 unspecified atom stereocenters. The van der Waals surface area contributed by atoms with Crippen LogP contribution in [0.25, 0.3) is 0 Å². The van der Waals surface area contributed by atoms with Crippen LogP contribution >= 0.6 is 23.2 Å². The quantitative estimate of drug-likeness (QED) is 0.445. The van der Waals surface area contributed by atoms with E-state index in [2.05, 4.69) is 6.92 Å². The summed E-state index contributed by atoms with van der Waals surface area (Å²) in [6, 6.07) is 1.08. The largest absolute Gasteiger partial charge is 0.276 e. The summed E-state index contributed by atoms with van der Waals surface area (Å²) in [5, 5.41) is 0. The molecule has 0 bridgehead atoms. The Morgan fingerprint density at radius 3 is 1.88 bits per heavy atom. The van der Waals surface area contributed by atoms with Gasteiger partial charge < -0.3 is 0 Å². The summed E-state index contributed by atoms with van der Waals surface area (Å²) < 4.78 is 0. The predicted molar refractivity (Wildman–Crippen MR) is 38.4 cm³/mol. The summed E-state index contributed by atoms with van der Waals surface area (Å²) in [5.41, 5.74) is 0. The van der Waals surface area contributed by atoms with E-state index in [0.717, 1.165) is 13.0 Å². The van der Waals surface area contributed by atoms with Crippen molar-refractivity contribution in [3.63, 3.8) is 0 Å². The highest BCUT2D eigenvalue weighted by Gasteiger charge is 1.95. The zero-order valence-corrected chi connectivity index (χ0v) is 6.54. The molecule has 0 aromatic rings. The van der Waals surface area contributed by atoms with E-state index in [1.54, 1.807) is 0 Å². The first-order chi connectivity index (χ1) is 3.85. The van der Waals surface area contributed by atoms with Gasteiger partial charge in [-0.1, -0.05) is 6.92 Å². The average Bonchev–Trinajstić information content (AvgIpc) is 1.83. The van der Waals surface area contributed by atoms with Crippen molar-refractivity contribution in [3.05, 3.63) is 0 Å². The van der Waals surface area contributed by atoms with Gasteiger partial charge in [0.05, 0.1) is 12.0 Å². The molecule has 0 fully saturated rings. The first-order valence-electron chi connectivity index (χ1n) is 2.69. The second-order valence-electron chi connectivity index (χ2n) is 1.63. The van der Waals surface area contributed by atoms with Gasteiger partial charge in [-0.3, -0.25) is 4.90 Å². The smallest absolute Gasteiger partial charge is 0.0747 e. The molecule has 8 heavy (non-hydrogen) atoms. The normalized spacial score (nSPS) is 10.5. The highest BCUT2D eigenvalue weighted by atomic mass is 35.5. The molecule has 0 aliphatic carbocycles. The van der Waals surface area contributed by atoms with E-state index < -0.39 is 0 Å².